The molecule has 0 heterocycles. The number of methoxy groups -OCH3 is 3. The van der Waals surface area contributed by atoms with Gasteiger partial charge in [-0.25, -0.2) is 4.79 Å². The topological polar surface area (TPSA) is 73.9 Å². The van der Waals surface area contributed by atoms with E-state index in [0.29, 0.717) is 28.3 Å². The molecule has 0 spiro atoms. The molecular formula is C17H16INO5. The summed E-state index contributed by atoms with van der Waals surface area (Å²) in [7, 11) is 4.37. The first-order valence-electron chi connectivity index (χ1n) is 6.91. The van der Waals surface area contributed by atoms with Crippen molar-refractivity contribution in [2.45, 2.75) is 0 Å². The molecule has 2 aromatic rings. The minimum Gasteiger partial charge on any atom is -0.493 e. The van der Waals surface area contributed by atoms with Crippen molar-refractivity contribution in [3.05, 3.63) is 51.1 Å². The molecule has 0 saturated carbocycles. The van der Waals surface area contributed by atoms with Gasteiger partial charge in [0.15, 0.2) is 11.5 Å². The third-order valence-corrected chi connectivity index (χ3v) is 4.17. The van der Waals surface area contributed by atoms with E-state index in [1.165, 1.54) is 21.3 Å². The second-order valence-corrected chi connectivity index (χ2v) is 5.87. The van der Waals surface area contributed by atoms with Gasteiger partial charge in [-0.1, -0.05) is 0 Å². The molecule has 7 heteroatoms. The molecule has 0 saturated heterocycles. The number of anilines is 1. The number of rotatable bonds is 5. The standard InChI is InChI=1S/C17H16INO5/c1-22-14-8-12(13(18)9-15(14)23-2)16(20)19-11-6-4-10(5-7-11)17(21)24-3/h4-9H,1-3H3,(H,19,20). The summed E-state index contributed by atoms with van der Waals surface area (Å²) >= 11 is 2.06. The zero-order valence-electron chi connectivity index (χ0n) is 13.4. The maximum Gasteiger partial charge on any atom is 0.337 e. The van der Waals surface area contributed by atoms with E-state index in [1.54, 1.807) is 36.4 Å². The number of halogens is 1. The Labute approximate surface area is 153 Å². The predicted octanol–water partition coefficient (Wildman–Crippen LogP) is 3.35. The van der Waals surface area contributed by atoms with Gasteiger partial charge < -0.3 is 19.5 Å². The summed E-state index contributed by atoms with van der Waals surface area (Å²) in [6, 6.07) is 9.80. The highest BCUT2D eigenvalue weighted by Gasteiger charge is 2.16. The third-order valence-electron chi connectivity index (χ3n) is 3.28. The summed E-state index contributed by atoms with van der Waals surface area (Å²) < 4.78 is 15.8. The van der Waals surface area contributed by atoms with E-state index < -0.39 is 5.97 Å². The number of carbonyl (C=O) groups excluding carboxylic acids is 2. The Morgan fingerprint density at radius 1 is 0.958 bits per heavy atom. The Hall–Kier alpha value is -2.29. The highest BCUT2D eigenvalue weighted by Crippen LogP contribution is 2.31. The molecule has 0 aromatic heterocycles. The number of nitrogens with one attached hydrogen (secondary N) is 1. The lowest BCUT2D eigenvalue weighted by molar-refractivity contribution is 0.0600. The molecule has 0 atom stereocenters. The van der Waals surface area contributed by atoms with Gasteiger partial charge >= 0.3 is 5.97 Å². The average Bonchev–Trinajstić information content (AvgIpc) is 2.61. The number of esters is 1. The third kappa shape index (κ3) is 3.97. The molecule has 0 bridgehead atoms. The first kappa shape index (κ1) is 18.1. The van der Waals surface area contributed by atoms with Crippen LogP contribution in [0.25, 0.3) is 0 Å². The van der Waals surface area contributed by atoms with E-state index in [0.717, 1.165) is 3.57 Å². The zero-order valence-corrected chi connectivity index (χ0v) is 15.5. The van der Waals surface area contributed by atoms with Crippen LogP contribution in [0, 0.1) is 3.57 Å². The summed E-state index contributed by atoms with van der Waals surface area (Å²) in [6.45, 7) is 0. The zero-order chi connectivity index (χ0) is 17.7. The molecule has 1 N–H and O–H groups in total. The van der Waals surface area contributed by atoms with E-state index in [1.807, 2.05) is 0 Å². The molecule has 0 fully saturated rings. The second-order valence-electron chi connectivity index (χ2n) is 4.71. The Balaban J connectivity index is 2.22. The molecule has 24 heavy (non-hydrogen) atoms. The number of ether oxygens (including phenoxy) is 3. The van der Waals surface area contributed by atoms with Crippen LogP contribution in [0.5, 0.6) is 11.5 Å². The molecule has 2 aromatic carbocycles. The Morgan fingerprint density at radius 2 is 1.54 bits per heavy atom. The van der Waals surface area contributed by atoms with Gasteiger partial charge in [0.25, 0.3) is 5.91 Å². The van der Waals surface area contributed by atoms with Crippen molar-refractivity contribution in [2.24, 2.45) is 0 Å². The van der Waals surface area contributed by atoms with Gasteiger partial charge in [-0.05, 0) is 59.0 Å². The average molecular weight is 441 g/mol. The van der Waals surface area contributed by atoms with Crippen LogP contribution in [-0.2, 0) is 4.74 Å². The van der Waals surface area contributed by atoms with Crippen molar-refractivity contribution in [3.8, 4) is 11.5 Å². The van der Waals surface area contributed by atoms with Crippen LogP contribution in [0.15, 0.2) is 36.4 Å². The summed E-state index contributed by atoms with van der Waals surface area (Å²) in [6.07, 6.45) is 0. The van der Waals surface area contributed by atoms with Gasteiger partial charge in [-0.15, -0.1) is 0 Å². The lowest BCUT2D eigenvalue weighted by Crippen LogP contribution is -2.14. The maximum atomic E-state index is 12.5. The SMILES string of the molecule is COC(=O)c1ccc(NC(=O)c2cc(OC)c(OC)cc2I)cc1. The van der Waals surface area contributed by atoms with E-state index in [9.17, 15) is 9.59 Å². The highest BCUT2D eigenvalue weighted by atomic mass is 127. The van der Waals surface area contributed by atoms with Crippen molar-refractivity contribution in [1.82, 2.24) is 0 Å². The number of hydrogen-bond acceptors (Lipinski definition) is 5. The van der Waals surface area contributed by atoms with Crippen LogP contribution in [0.1, 0.15) is 20.7 Å². The van der Waals surface area contributed by atoms with Crippen LogP contribution in [0.2, 0.25) is 0 Å². The molecule has 0 radical (unpaired) electrons. The normalized spacial score (nSPS) is 10.0. The highest BCUT2D eigenvalue weighted by molar-refractivity contribution is 14.1. The van der Waals surface area contributed by atoms with Crippen LogP contribution in [0.3, 0.4) is 0 Å². The van der Waals surface area contributed by atoms with Crippen LogP contribution >= 0.6 is 22.6 Å². The van der Waals surface area contributed by atoms with Crippen molar-refractivity contribution < 1.29 is 23.8 Å². The monoisotopic (exact) mass is 441 g/mol. The van der Waals surface area contributed by atoms with Gasteiger partial charge in [0.05, 0.1) is 32.5 Å². The Kier molecular flexibility index (Phi) is 6.02. The number of hydrogen-bond donors (Lipinski definition) is 1. The number of benzene rings is 2. The smallest absolute Gasteiger partial charge is 0.337 e. The largest absolute Gasteiger partial charge is 0.493 e. The molecule has 1 amide bonds. The molecule has 2 rings (SSSR count). The fourth-order valence-corrected chi connectivity index (χ4v) is 2.72. The van der Waals surface area contributed by atoms with Crippen molar-refractivity contribution in [1.29, 1.82) is 0 Å². The Morgan fingerprint density at radius 3 is 2.08 bits per heavy atom. The summed E-state index contributed by atoms with van der Waals surface area (Å²) in [5.41, 5.74) is 1.44. The Bertz CT molecular complexity index is 758. The molecule has 0 aliphatic rings. The molecule has 0 unspecified atom stereocenters. The van der Waals surface area contributed by atoms with Crippen molar-refractivity contribution >= 4 is 40.2 Å². The number of carbonyl (C=O) groups is 2. The second kappa shape index (κ2) is 8.00. The molecule has 0 aliphatic carbocycles. The fourth-order valence-electron chi connectivity index (χ4n) is 2.03. The van der Waals surface area contributed by atoms with Crippen LogP contribution in [0.4, 0.5) is 5.69 Å². The van der Waals surface area contributed by atoms with Gasteiger partial charge in [0, 0.05) is 9.26 Å². The van der Waals surface area contributed by atoms with E-state index in [4.69, 9.17) is 9.47 Å². The molecule has 0 aliphatic heterocycles. The van der Waals surface area contributed by atoms with Crippen molar-refractivity contribution in [3.63, 3.8) is 0 Å². The summed E-state index contributed by atoms with van der Waals surface area (Å²) in [4.78, 5) is 23.9. The van der Waals surface area contributed by atoms with E-state index >= 15 is 0 Å². The minimum atomic E-state index is -0.428. The minimum absolute atomic E-state index is 0.286. The summed E-state index contributed by atoms with van der Waals surface area (Å²) in [5.74, 6) is 0.318. The first-order chi connectivity index (χ1) is 11.5. The fraction of sp³-hybridized carbons (Fsp3) is 0.176. The van der Waals surface area contributed by atoms with Gasteiger partial charge in [0.2, 0.25) is 0 Å². The van der Waals surface area contributed by atoms with E-state index in [2.05, 4.69) is 32.6 Å². The maximum absolute atomic E-state index is 12.5. The van der Waals surface area contributed by atoms with Gasteiger partial charge in [-0.3, -0.25) is 4.79 Å². The van der Waals surface area contributed by atoms with E-state index in [-0.39, 0.29) is 5.91 Å². The first-order valence-corrected chi connectivity index (χ1v) is 7.99. The van der Waals surface area contributed by atoms with Crippen molar-refractivity contribution in [2.75, 3.05) is 26.6 Å². The molecular weight excluding hydrogens is 425 g/mol. The van der Waals surface area contributed by atoms with Crippen LogP contribution < -0.4 is 14.8 Å². The predicted molar refractivity (Wildman–Crippen MR) is 98.0 cm³/mol. The molecule has 126 valence electrons. The molecule has 6 nitrogen and oxygen atoms in total. The quantitative estimate of drug-likeness (QED) is 0.569. The van der Waals surface area contributed by atoms with Crippen LogP contribution in [-0.4, -0.2) is 33.2 Å². The lowest BCUT2D eigenvalue weighted by atomic mass is 10.1. The lowest BCUT2D eigenvalue weighted by Gasteiger charge is -2.12. The van der Waals surface area contributed by atoms with Gasteiger partial charge in [-0.2, -0.15) is 0 Å². The number of amides is 1. The van der Waals surface area contributed by atoms with Gasteiger partial charge in [0.1, 0.15) is 0 Å². The summed E-state index contributed by atoms with van der Waals surface area (Å²) in [5, 5.41) is 2.78.